The average molecular weight is 356 g/mol. The maximum atomic E-state index is 12.4. The van der Waals surface area contributed by atoms with Crippen LogP contribution < -0.4 is 4.72 Å². The van der Waals surface area contributed by atoms with Crippen molar-refractivity contribution in [1.29, 1.82) is 0 Å². The molecule has 1 atom stereocenters. The average Bonchev–Trinajstić information content (AvgIpc) is 3.23. The van der Waals surface area contributed by atoms with Crippen molar-refractivity contribution in [2.24, 2.45) is 5.92 Å². The number of hydrogen-bond acceptors (Lipinski definition) is 4. The van der Waals surface area contributed by atoms with E-state index in [1.807, 2.05) is 0 Å². The van der Waals surface area contributed by atoms with E-state index in [2.05, 4.69) is 4.72 Å². The molecule has 23 heavy (non-hydrogen) atoms. The summed E-state index contributed by atoms with van der Waals surface area (Å²) in [5.74, 6) is 0.377. The van der Waals surface area contributed by atoms with Gasteiger partial charge in [0.2, 0.25) is 10.0 Å². The topological polar surface area (TPSA) is 79.5 Å². The van der Waals surface area contributed by atoms with Gasteiger partial charge in [-0.15, -0.1) is 0 Å². The van der Waals surface area contributed by atoms with Gasteiger partial charge in [-0.3, -0.25) is 0 Å². The molecule has 0 amide bonds. The van der Waals surface area contributed by atoms with E-state index >= 15 is 0 Å². The number of sulfonamides is 1. The van der Waals surface area contributed by atoms with E-state index in [-0.39, 0.29) is 17.4 Å². The van der Waals surface area contributed by atoms with Crippen molar-refractivity contribution in [1.82, 2.24) is 4.72 Å². The first-order chi connectivity index (χ1) is 10.8. The number of aliphatic hydroxyl groups is 1. The smallest absolute Gasteiger partial charge is 0.240 e. The summed E-state index contributed by atoms with van der Waals surface area (Å²) in [6, 6.07) is 7.89. The van der Waals surface area contributed by atoms with Crippen molar-refractivity contribution < 1.29 is 17.9 Å². The number of aryl methyl sites for hydroxylation is 1. The number of hydrogen-bond donors (Lipinski definition) is 2. The molecule has 7 heteroatoms. The van der Waals surface area contributed by atoms with Crippen LogP contribution in [-0.2, 0) is 15.6 Å². The Morgan fingerprint density at radius 2 is 2.13 bits per heavy atom. The first-order valence-corrected chi connectivity index (χ1v) is 9.21. The molecule has 0 bridgehead atoms. The van der Waals surface area contributed by atoms with Crippen molar-refractivity contribution in [3.05, 3.63) is 52.9 Å². The van der Waals surface area contributed by atoms with Gasteiger partial charge in [-0.05, 0) is 55.5 Å². The third kappa shape index (κ3) is 3.30. The summed E-state index contributed by atoms with van der Waals surface area (Å²) in [7, 11) is -3.77. The van der Waals surface area contributed by atoms with Gasteiger partial charge in [0.05, 0.1) is 11.2 Å². The molecule has 1 aromatic heterocycles. The highest BCUT2D eigenvalue weighted by Gasteiger charge is 2.47. The minimum atomic E-state index is -3.77. The monoisotopic (exact) mass is 355 g/mol. The van der Waals surface area contributed by atoms with Gasteiger partial charge >= 0.3 is 0 Å². The van der Waals surface area contributed by atoms with Crippen LogP contribution in [0, 0.1) is 12.8 Å². The number of rotatable bonds is 6. The van der Waals surface area contributed by atoms with Gasteiger partial charge in [0.15, 0.2) is 0 Å². The highest BCUT2D eigenvalue weighted by molar-refractivity contribution is 7.89. The second-order valence-electron chi connectivity index (χ2n) is 5.91. The second kappa shape index (κ2) is 5.94. The summed E-state index contributed by atoms with van der Waals surface area (Å²) in [5, 5.41) is 11.3. The molecule has 1 heterocycles. The normalized spacial score (nSPS) is 17.9. The second-order valence-corrected chi connectivity index (χ2v) is 8.09. The molecule has 5 nitrogen and oxygen atoms in total. The third-order valence-electron chi connectivity index (χ3n) is 4.19. The van der Waals surface area contributed by atoms with E-state index in [4.69, 9.17) is 16.0 Å². The van der Waals surface area contributed by atoms with Gasteiger partial charge in [-0.2, -0.15) is 0 Å². The van der Waals surface area contributed by atoms with E-state index in [1.54, 1.807) is 25.1 Å². The molecule has 1 aliphatic carbocycles. The van der Waals surface area contributed by atoms with E-state index in [0.29, 0.717) is 10.8 Å². The fourth-order valence-corrected chi connectivity index (χ4v) is 3.89. The highest BCUT2D eigenvalue weighted by atomic mass is 35.5. The summed E-state index contributed by atoms with van der Waals surface area (Å²) < 4.78 is 32.7. The Balaban J connectivity index is 1.81. The molecule has 0 unspecified atom stereocenters. The molecule has 0 radical (unpaired) electrons. The fourth-order valence-electron chi connectivity index (χ4n) is 2.55. The number of furan rings is 1. The lowest BCUT2D eigenvalue weighted by Crippen LogP contribution is -2.42. The van der Waals surface area contributed by atoms with Crippen LogP contribution in [0.1, 0.15) is 24.2 Å². The number of halogens is 1. The molecule has 0 saturated heterocycles. The van der Waals surface area contributed by atoms with Crippen molar-refractivity contribution in [3.63, 3.8) is 0 Å². The molecule has 1 aromatic carbocycles. The molecular formula is C16H18ClNO4S. The summed E-state index contributed by atoms with van der Waals surface area (Å²) in [6.07, 6.45) is 3.15. The Bertz CT molecular complexity index is 799. The van der Waals surface area contributed by atoms with Crippen LogP contribution in [0.3, 0.4) is 0 Å². The lowest BCUT2D eigenvalue weighted by molar-refractivity contribution is -0.00224. The molecule has 1 aliphatic rings. The quantitative estimate of drug-likeness (QED) is 0.835. The lowest BCUT2D eigenvalue weighted by atomic mass is 9.95. The summed E-state index contributed by atoms with van der Waals surface area (Å²) in [5.41, 5.74) is -0.527. The zero-order valence-electron chi connectivity index (χ0n) is 12.6. The minimum absolute atomic E-state index is 0.00189. The van der Waals surface area contributed by atoms with Crippen molar-refractivity contribution in [3.8, 4) is 0 Å². The SMILES string of the molecule is Cc1ccc(S(=O)(=O)NC[C@](O)(c2ccco2)C2CC2)cc1Cl. The lowest BCUT2D eigenvalue weighted by Gasteiger charge is -2.26. The molecular weight excluding hydrogens is 338 g/mol. The molecule has 1 fully saturated rings. The van der Waals surface area contributed by atoms with Crippen LogP contribution in [0.2, 0.25) is 5.02 Å². The van der Waals surface area contributed by atoms with Crippen LogP contribution in [0.15, 0.2) is 45.9 Å². The highest BCUT2D eigenvalue weighted by Crippen LogP contribution is 2.45. The zero-order chi connectivity index (χ0) is 16.7. The van der Waals surface area contributed by atoms with Crippen LogP contribution in [0.5, 0.6) is 0 Å². The first-order valence-electron chi connectivity index (χ1n) is 7.35. The van der Waals surface area contributed by atoms with Crippen molar-refractivity contribution in [2.75, 3.05) is 6.54 Å². The number of nitrogens with one attached hydrogen (secondary N) is 1. The van der Waals surface area contributed by atoms with Gasteiger partial charge in [0.25, 0.3) is 0 Å². The van der Waals surface area contributed by atoms with Crippen LogP contribution in [-0.4, -0.2) is 20.1 Å². The standard InChI is InChI=1S/C16H18ClNO4S/c1-11-4-7-13(9-14(11)17)23(20,21)18-10-16(19,12-5-6-12)15-3-2-8-22-15/h2-4,7-9,12,18-19H,5-6,10H2,1H3/t16-/m1/s1. The van der Waals surface area contributed by atoms with Gasteiger partial charge in [-0.1, -0.05) is 17.7 Å². The number of benzene rings is 1. The maximum absolute atomic E-state index is 12.4. The van der Waals surface area contributed by atoms with E-state index in [9.17, 15) is 13.5 Å². The van der Waals surface area contributed by atoms with Gasteiger partial charge in [0.1, 0.15) is 11.4 Å². The van der Waals surface area contributed by atoms with Gasteiger partial charge in [0, 0.05) is 11.6 Å². The summed E-state index contributed by atoms with van der Waals surface area (Å²) in [4.78, 5) is 0.0747. The molecule has 0 aliphatic heterocycles. The molecule has 124 valence electrons. The Morgan fingerprint density at radius 3 is 2.70 bits per heavy atom. The van der Waals surface area contributed by atoms with Crippen LogP contribution >= 0.6 is 11.6 Å². The Kier molecular flexibility index (Phi) is 4.27. The van der Waals surface area contributed by atoms with E-state index < -0.39 is 15.6 Å². The van der Waals surface area contributed by atoms with Gasteiger partial charge < -0.3 is 9.52 Å². The Morgan fingerprint density at radius 1 is 1.39 bits per heavy atom. The first kappa shape index (κ1) is 16.5. The van der Waals surface area contributed by atoms with Crippen molar-refractivity contribution >= 4 is 21.6 Å². The molecule has 3 rings (SSSR count). The van der Waals surface area contributed by atoms with Gasteiger partial charge in [-0.25, -0.2) is 13.1 Å². The Hall–Kier alpha value is -1.34. The van der Waals surface area contributed by atoms with E-state index in [1.165, 1.54) is 18.4 Å². The Labute approximate surface area is 140 Å². The predicted octanol–water partition coefficient (Wildman–Crippen LogP) is 2.82. The molecule has 1 saturated carbocycles. The zero-order valence-corrected chi connectivity index (χ0v) is 14.2. The van der Waals surface area contributed by atoms with Crippen LogP contribution in [0.25, 0.3) is 0 Å². The fraction of sp³-hybridized carbons (Fsp3) is 0.375. The summed E-state index contributed by atoms with van der Waals surface area (Å²) >= 11 is 6.00. The molecule has 2 aromatic rings. The summed E-state index contributed by atoms with van der Waals surface area (Å²) in [6.45, 7) is 1.66. The van der Waals surface area contributed by atoms with Crippen LogP contribution in [0.4, 0.5) is 0 Å². The minimum Gasteiger partial charge on any atom is -0.466 e. The van der Waals surface area contributed by atoms with Crippen molar-refractivity contribution in [2.45, 2.75) is 30.3 Å². The maximum Gasteiger partial charge on any atom is 0.240 e. The predicted molar refractivity (Wildman–Crippen MR) is 86.7 cm³/mol. The largest absolute Gasteiger partial charge is 0.466 e. The third-order valence-corrected chi connectivity index (χ3v) is 5.99. The molecule has 2 N–H and O–H groups in total. The molecule has 0 spiro atoms. The van der Waals surface area contributed by atoms with E-state index in [0.717, 1.165) is 18.4 Å².